The van der Waals surface area contributed by atoms with Gasteiger partial charge in [0.05, 0.1) is 0 Å². The number of hydrogen-bond acceptors (Lipinski definition) is 2. The molecular formula is C22H22BrClN2O2. The van der Waals surface area contributed by atoms with Gasteiger partial charge in [0.1, 0.15) is 0 Å². The van der Waals surface area contributed by atoms with Gasteiger partial charge in [0, 0.05) is 54.2 Å². The Balaban J connectivity index is 1.81. The molecule has 6 heteroatoms. The van der Waals surface area contributed by atoms with Crippen molar-refractivity contribution in [1.82, 2.24) is 9.80 Å². The van der Waals surface area contributed by atoms with Crippen LogP contribution < -0.4 is 0 Å². The second-order valence-corrected chi connectivity index (χ2v) is 7.96. The second kappa shape index (κ2) is 9.39. The van der Waals surface area contributed by atoms with E-state index in [0.717, 1.165) is 27.6 Å². The molecule has 0 bridgehead atoms. The van der Waals surface area contributed by atoms with Crippen molar-refractivity contribution in [2.24, 2.45) is 0 Å². The van der Waals surface area contributed by atoms with Crippen LogP contribution in [0.3, 0.4) is 0 Å². The fourth-order valence-corrected chi connectivity index (χ4v) is 4.11. The molecule has 0 radical (unpaired) electrons. The Hall–Kier alpha value is -2.11. The van der Waals surface area contributed by atoms with Crippen LogP contribution in [0, 0.1) is 0 Å². The number of nitrogens with zero attached hydrogens (tertiary/aromatic N) is 2. The number of carbonyl (C=O) groups is 2. The van der Waals surface area contributed by atoms with Crippen molar-refractivity contribution in [3.8, 4) is 11.1 Å². The second-order valence-electron chi connectivity index (χ2n) is 6.70. The zero-order valence-corrected chi connectivity index (χ0v) is 18.0. The fourth-order valence-electron chi connectivity index (χ4n) is 3.35. The summed E-state index contributed by atoms with van der Waals surface area (Å²) in [4.78, 5) is 27.8. The summed E-state index contributed by atoms with van der Waals surface area (Å²) in [6.07, 6.45) is 4.20. The number of carbonyl (C=O) groups excluding carboxylic acids is 2. The quantitative estimate of drug-likeness (QED) is 0.612. The molecule has 1 fully saturated rings. The minimum absolute atomic E-state index is 0.0524. The zero-order valence-electron chi connectivity index (χ0n) is 15.7. The molecule has 0 atom stereocenters. The lowest BCUT2D eigenvalue weighted by Crippen LogP contribution is -2.35. The minimum atomic E-state index is -0.0524. The van der Waals surface area contributed by atoms with Crippen molar-refractivity contribution in [2.45, 2.75) is 13.3 Å². The SMILES string of the molecule is CC(=O)N1CCCN(C(=O)/C=C/c2cccc(Cl)c2-c2ccccc2Br)CC1. The van der Waals surface area contributed by atoms with Crippen molar-refractivity contribution in [3.05, 3.63) is 63.6 Å². The summed E-state index contributed by atoms with van der Waals surface area (Å²) in [6.45, 7) is 4.05. The maximum atomic E-state index is 12.7. The van der Waals surface area contributed by atoms with E-state index < -0.39 is 0 Å². The molecule has 0 aliphatic carbocycles. The summed E-state index contributed by atoms with van der Waals surface area (Å²) in [5, 5.41) is 0.633. The van der Waals surface area contributed by atoms with Gasteiger partial charge in [-0.25, -0.2) is 0 Å². The van der Waals surface area contributed by atoms with Crippen LogP contribution in [0.2, 0.25) is 5.02 Å². The third kappa shape index (κ3) is 4.83. The molecule has 1 aliphatic heterocycles. The Kier molecular flexibility index (Phi) is 6.92. The number of hydrogen-bond donors (Lipinski definition) is 0. The summed E-state index contributed by atoms with van der Waals surface area (Å²) in [5.41, 5.74) is 2.75. The Morgan fingerprint density at radius 2 is 1.71 bits per heavy atom. The highest BCUT2D eigenvalue weighted by atomic mass is 79.9. The van der Waals surface area contributed by atoms with E-state index in [2.05, 4.69) is 15.9 Å². The highest BCUT2D eigenvalue weighted by Gasteiger charge is 2.19. The summed E-state index contributed by atoms with van der Waals surface area (Å²) in [6, 6.07) is 13.5. The number of halogens is 2. The standard InChI is InChI=1S/C22H22BrClN2O2/c1-16(27)25-12-5-13-26(15-14-25)21(28)11-10-17-6-4-9-20(24)22(17)18-7-2-3-8-19(18)23/h2-4,6-11H,5,12-15H2,1H3/b11-10+. The fraction of sp³-hybridized carbons (Fsp3) is 0.273. The first-order chi connectivity index (χ1) is 13.5. The molecule has 28 heavy (non-hydrogen) atoms. The monoisotopic (exact) mass is 460 g/mol. The van der Waals surface area contributed by atoms with Gasteiger partial charge in [-0.3, -0.25) is 9.59 Å². The van der Waals surface area contributed by atoms with Crippen LogP contribution in [-0.2, 0) is 9.59 Å². The van der Waals surface area contributed by atoms with Crippen LogP contribution in [-0.4, -0.2) is 47.8 Å². The van der Waals surface area contributed by atoms with E-state index >= 15 is 0 Å². The van der Waals surface area contributed by atoms with Gasteiger partial charge in [-0.05, 0) is 35.8 Å². The molecule has 1 saturated heterocycles. The van der Waals surface area contributed by atoms with Crippen molar-refractivity contribution in [2.75, 3.05) is 26.2 Å². The van der Waals surface area contributed by atoms with E-state index in [1.165, 1.54) is 0 Å². The molecule has 0 saturated carbocycles. The third-order valence-electron chi connectivity index (χ3n) is 4.85. The van der Waals surface area contributed by atoms with E-state index in [-0.39, 0.29) is 11.8 Å². The molecule has 2 aromatic rings. The highest BCUT2D eigenvalue weighted by molar-refractivity contribution is 9.10. The summed E-state index contributed by atoms with van der Waals surface area (Å²) in [5.74, 6) is 0.00491. The van der Waals surface area contributed by atoms with E-state index in [1.807, 2.05) is 48.5 Å². The van der Waals surface area contributed by atoms with Gasteiger partial charge in [0.25, 0.3) is 0 Å². The van der Waals surface area contributed by atoms with Crippen LogP contribution in [0.25, 0.3) is 17.2 Å². The Morgan fingerprint density at radius 3 is 2.46 bits per heavy atom. The maximum absolute atomic E-state index is 12.7. The zero-order chi connectivity index (χ0) is 20.1. The van der Waals surface area contributed by atoms with Crippen molar-refractivity contribution in [1.29, 1.82) is 0 Å². The summed E-state index contributed by atoms with van der Waals surface area (Å²) >= 11 is 10.1. The van der Waals surface area contributed by atoms with Crippen LogP contribution >= 0.6 is 27.5 Å². The van der Waals surface area contributed by atoms with Gasteiger partial charge in [0.2, 0.25) is 11.8 Å². The maximum Gasteiger partial charge on any atom is 0.246 e. The first-order valence-corrected chi connectivity index (χ1v) is 10.4. The largest absolute Gasteiger partial charge is 0.341 e. The molecule has 0 aromatic heterocycles. The lowest BCUT2D eigenvalue weighted by molar-refractivity contribution is -0.130. The van der Waals surface area contributed by atoms with E-state index in [4.69, 9.17) is 11.6 Å². The Bertz CT molecular complexity index is 913. The molecule has 146 valence electrons. The average molecular weight is 462 g/mol. The molecule has 1 aliphatic rings. The number of amides is 2. The summed E-state index contributed by atoms with van der Waals surface area (Å²) < 4.78 is 0.945. The molecule has 0 N–H and O–H groups in total. The Labute approximate surface area is 178 Å². The van der Waals surface area contributed by atoms with Gasteiger partial charge in [-0.15, -0.1) is 0 Å². The van der Waals surface area contributed by atoms with Crippen LogP contribution in [0.4, 0.5) is 0 Å². The van der Waals surface area contributed by atoms with Gasteiger partial charge in [-0.2, -0.15) is 0 Å². The lowest BCUT2D eigenvalue weighted by atomic mass is 9.99. The van der Waals surface area contributed by atoms with Gasteiger partial charge >= 0.3 is 0 Å². The van der Waals surface area contributed by atoms with E-state index in [9.17, 15) is 9.59 Å². The van der Waals surface area contributed by atoms with Gasteiger partial charge < -0.3 is 9.80 Å². The highest BCUT2D eigenvalue weighted by Crippen LogP contribution is 2.36. The molecule has 1 heterocycles. The van der Waals surface area contributed by atoms with Crippen molar-refractivity contribution < 1.29 is 9.59 Å². The number of benzene rings is 2. The van der Waals surface area contributed by atoms with Crippen molar-refractivity contribution in [3.63, 3.8) is 0 Å². The normalized spacial score (nSPS) is 15.0. The predicted molar refractivity (Wildman–Crippen MR) is 117 cm³/mol. The van der Waals surface area contributed by atoms with Gasteiger partial charge in [-0.1, -0.05) is 57.9 Å². The minimum Gasteiger partial charge on any atom is -0.341 e. The van der Waals surface area contributed by atoms with E-state index in [1.54, 1.807) is 22.8 Å². The molecule has 0 unspecified atom stereocenters. The Morgan fingerprint density at radius 1 is 1.00 bits per heavy atom. The molecule has 3 rings (SSSR count). The topological polar surface area (TPSA) is 40.6 Å². The molecule has 2 amide bonds. The first kappa shape index (κ1) is 20.6. The first-order valence-electron chi connectivity index (χ1n) is 9.23. The smallest absolute Gasteiger partial charge is 0.246 e. The lowest BCUT2D eigenvalue weighted by Gasteiger charge is -2.20. The molecule has 2 aromatic carbocycles. The summed E-state index contributed by atoms with van der Waals surface area (Å²) in [7, 11) is 0. The van der Waals surface area contributed by atoms with Crippen LogP contribution in [0.5, 0.6) is 0 Å². The average Bonchev–Trinajstić information content (AvgIpc) is 2.93. The number of rotatable bonds is 3. The molecule has 0 spiro atoms. The van der Waals surface area contributed by atoms with E-state index in [0.29, 0.717) is 31.2 Å². The third-order valence-corrected chi connectivity index (χ3v) is 5.85. The molecule has 4 nitrogen and oxygen atoms in total. The van der Waals surface area contributed by atoms with Crippen molar-refractivity contribution >= 4 is 45.4 Å². The van der Waals surface area contributed by atoms with Crippen LogP contribution in [0.1, 0.15) is 18.9 Å². The van der Waals surface area contributed by atoms with Gasteiger partial charge in [0.15, 0.2) is 0 Å². The molecular weight excluding hydrogens is 440 g/mol. The predicted octanol–water partition coefficient (Wildman–Crippen LogP) is 4.86. The van der Waals surface area contributed by atoms with Crippen LogP contribution in [0.15, 0.2) is 53.0 Å².